The number of fused-ring (bicyclic) bond motifs is 1. The molecule has 0 radical (unpaired) electrons. The predicted octanol–water partition coefficient (Wildman–Crippen LogP) is 2.81. The Hall–Kier alpha value is -2.54. The number of rotatable bonds is 6. The minimum atomic E-state index is -2.70. The average molecular weight is 354 g/mol. The Morgan fingerprint density at radius 1 is 0.960 bits per heavy atom. The number of hydrogen-bond donors (Lipinski definition) is 2. The van der Waals surface area contributed by atoms with E-state index in [-0.39, 0.29) is 0 Å². The summed E-state index contributed by atoms with van der Waals surface area (Å²) in [6.45, 7) is 0. The first-order valence-electron chi connectivity index (χ1n) is 7.69. The van der Waals surface area contributed by atoms with Gasteiger partial charge in [0.05, 0.1) is 0 Å². The van der Waals surface area contributed by atoms with Gasteiger partial charge in [-0.2, -0.15) is 0 Å². The fourth-order valence-corrected chi connectivity index (χ4v) is 3.54. The van der Waals surface area contributed by atoms with Gasteiger partial charge in [0.2, 0.25) is 0 Å². The summed E-state index contributed by atoms with van der Waals surface area (Å²) in [6, 6.07) is 21.0. The molecule has 0 fully saturated rings. The van der Waals surface area contributed by atoms with Gasteiger partial charge in [-0.15, -0.1) is 0 Å². The van der Waals surface area contributed by atoms with Crippen molar-refractivity contribution in [2.45, 2.75) is 12.0 Å². The standard InChI is InChI=1S/C19H17NO4S/c21-19(22)18(20-25(23)24)17(14-8-2-1-3-9-14)16-12-6-10-13-7-4-5-11-15(13)16/h1-12,17-18,20H,(H,21,22)(H,23,24)/p-1/t17-,18?/m1/s1. The van der Waals surface area contributed by atoms with E-state index in [2.05, 4.69) is 4.72 Å². The Morgan fingerprint density at radius 2 is 1.60 bits per heavy atom. The van der Waals surface area contributed by atoms with Crippen molar-refractivity contribution in [1.29, 1.82) is 0 Å². The van der Waals surface area contributed by atoms with Gasteiger partial charge in [0, 0.05) is 17.2 Å². The largest absolute Gasteiger partial charge is 0.760 e. The molecule has 3 atom stereocenters. The van der Waals surface area contributed by atoms with Crippen LogP contribution in [0.25, 0.3) is 10.8 Å². The molecular weight excluding hydrogens is 338 g/mol. The third-order valence-corrected chi connectivity index (χ3v) is 4.59. The molecule has 0 aliphatic rings. The van der Waals surface area contributed by atoms with Gasteiger partial charge in [-0.3, -0.25) is 9.00 Å². The molecule has 0 saturated carbocycles. The van der Waals surface area contributed by atoms with E-state index in [1.807, 2.05) is 48.5 Å². The summed E-state index contributed by atoms with van der Waals surface area (Å²) in [4.78, 5) is 11.8. The third kappa shape index (κ3) is 3.76. The molecule has 0 heterocycles. The van der Waals surface area contributed by atoms with Crippen LogP contribution in [-0.2, 0) is 16.1 Å². The van der Waals surface area contributed by atoms with Gasteiger partial charge in [-0.05, 0) is 21.9 Å². The molecule has 0 aromatic heterocycles. The van der Waals surface area contributed by atoms with Crippen LogP contribution in [0.2, 0.25) is 0 Å². The lowest BCUT2D eigenvalue weighted by atomic mass is 9.83. The van der Waals surface area contributed by atoms with E-state index in [9.17, 15) is 18.7 Å². The van der Waals surface area contributed by atoms with Crippen molar-refractivity contribution < 1.29 is 18.7 Å². The highest BCUT2D eigenvalue weighted by Crippen LogP contribution is 2.33. The van der Waals surface area contributed by atoms with Gasteiger partial charge in [-0.25, -0.2) is 4.72 Å². The number of aliphatic carboxylic acids is 1. The minimum absolute atomic E-state index is 0.664. The Balaban J connectivity index is 2.23. The lowest BCUT2D eigenvalue weighted by molar-refractivity contribution is -0.139. The maximum absolute atomic E-state index is 11.8. The molecule has 128 valence electrons. The van der Waals surface area contributed by atoms with Crippen LogP contribution >= 0.6 is 0 Å². The molecule has 0 aliphatic heterocycles. The van der Waals surface area contributed by atoms with Crippen molar-refractivity contribution in [2.75, 3.05) is 0 Å². The highest BCUT2D eigenvalue weighted by atomic mass is 32.2. The Morgan fingerprint density at radius 3 is 2.28 bits per heavy atom. The topological polar surface area (TPSA) is 89.5 Å². The average Bonchev–Trinajstić information content (AvgIpc) is 2.62. The van der Waals surface area contributed by atoms with Gasteiger partial charge in [0.1, 0.15) is 6.04 Å². The van der Waals surface area contributed by atoms with Crippen molar-refractivity contribution in [3.8, 4) is 0 Å². The molecule has 3 rings (SSSR count). The zero-order valence-corrected chi connectivity index (χ0v) is 14.0. The van der Waals surface area contributed by atoms with Gasteiger partial charge < -0.3 is 9.66 Å². The summed E-state index contributed by atoms with van der Waals surface area (Å²) in [5.74, 6) is -1.89. The summed E-state index contributed by atoms with van der Waals surface area (Å²) < 4.78 is 24.5. The van der Waals surface area contributed by atoms with Gasteiger partial charge >= 0.3 is 5.97 Å². The normalized spacial score (nSPS) is 14.8. The van der Waals surface area contributed by atoms with Gasteiger partial charge in [0.15, 0.2) is 0 Å². The molecule has 2 unspecified atom stereocenters. The fraction of sp³-hybridized carbons (Fsp3) is 0.105. The summed E-state index contributed by atoms with van der Waals surface area (Å²) >= 11 is -2.70. The molecule has 3 aromatic rings. The molecule has 5 nitrogen and oxygen atoms in total. The molecule has 0 bridgehead atoms. The number of carboxylic acid groups (broad SMARTS) is 1. The molecule has 0 saturated heterocycles. The van der Waals surface area contributed by atoms with Gasteiger partial charge in [-0.1, -0.05) is 72.8 Å². The number of benzene rings is 3. The van der Waals surface area contributed by atoms with E-state index in [1.165, 1.54) is 0 Å². The predicted molar refractivity (Wildman–Crippen MR) is 95.7 cm³/mol. The van der Waals surface area contributed by atoms with Crippen molar-refractivity contribution in [3.63, 3.8) is 0 Å². The molecule has 25 heavy (non-hydrogen) atoms. The molecular formula is C19H16NO4S-. The van der Waals surface area contributed by atoms with E-state index in [0.717, 1.165) is 21.9 Å². The highest BCUT2D eigenvalue weighted by Gasteiger charge is 2.32. The van der Waals surface area contributed by atoms with E-state index in [1.54, 1.807) is 24.3 Å². The number of nitrogens with one attached hydrogen (secondary N) is 1. The lowest BCUT2D eigenvalue weighted by Gasteiger charge is -2.27. The third-order valence-electron chi connectivity index (χ3n) is 4.14. The van der Waals surface area contributed by atoms with E-state index < -0.39 is 29.2 Å². The quantitative estimate of drug-likeness (QED) is 0.666. The second-order valence-corrected chi connectivity index (χ2v) is 6.33. The van der Waals surface area contributed by atoms with Crippen molar-refractivity contribution in [1.82, 2.24) is 4.72 Å². The molecule has 0 amide bonds. The summed E-state index contributed by atoms with van der Waals surface area (Å²) in [5, 5.41) is 11.5. The maximum atomic E-state index is 11.8. The molecule has 0 spiro atoms. The van der Waals surface area contributed by atoms with Gasteiger partial charge in [0.25, 0.3) is 0 Å². The summed E-state index contributed by atoms with van der Waals surface area (Å²) in [5.41, 5.74) is 1.49. The zero-order chi connectivity index (χ0) is 17.8. The van der Waals surface area contributed by atoms with Crippen LogP contribution in [0.15, 0.2) is 72.8 Å². The summed E-state index contributed by atoms with van der Waals surface area (Å²) in [7, 11) is 0. The zero-order valence-electron chi connectivity index (χ0n) is 13.2. The first-order chi connectivity index (χ1) is 12.1. The van der Waals surface area contributed by atoms with E-state index >= 15 is 0 Å². The molecule has 0 aliphatic carbocycles. The van der Waals surface area contributed by atoms with E-state index in [0.29, 0.717) is 0 Å². The second-order valence-electron chi connectivity index (χ2n) is 5.63. The first-order valence-corrected chi connectivity index (χ1v) is 8.76. The first kappa shape index (κ1) is 17.3. The molecule has 2 N–H and O–H groups in total. The minimum Gasteiger partial charge on any atom is -0.760 e. The van der Waals surface area contributed by atoms with Crippen LogP contribution in [0.3, 0.4) is 0 Å². The van der Waals surface area contributed by atoms with Crippen LogP contribution in [0.4, 0.5) is 0 Å². The Kier molecular flexibility index (Phi) is 5.23. The van der Waals surface area contributed by atoms with Crippen LogP contribution in [-0.4, -0.2) is 25.9 Å². The van der Waals surface area contributed by atoms with Crippen molar-refractivity contribution >= 4 is 28.0 Å². The fourth-order valence-electron chi connectivity index (χ4n) is 3.10. The molecule has 6 heteroatoms. The highest BCUT2D eigenvalue weighted by molar-refractivity contribution is 7.77. The molecule has 3 aromatic carbocycles. The maximum Gasteiger partial charge on any atom is 0.322 e. The Labute approximate surface area is 147 Å². The SMILES string of the molecule is O=C(O)C(NS(=O)[O-])[C@H](c1ccccc1)c1cccc2ccccc12. The van der Waals surface area contributed by atoms with Crippen LogP contribution in [0.5, 0.6) is 0 Å². The van der Waals surface area contributed by atoms with E-state index in [4.69, 9.17) is 0 Å². The second kappa shape index (κ2) is 7.57. The summed E-state index contributed by atoms with van der Waals surface area (Å²) in [6.07, 6.45) is 0. The Bertz CT molecular complexity index is 908. The van der Waals surface area contributed by atoms with Crippen LogP contribution in [0, 0.1) is 0 Å². The van der Waals surface area contributed by atoms with Crippen molar-refractivity contribution in [3.05, 3.63) is 83.9 Å². The lowest BCUT2D eigenvalue weighted by Crippen LogP contribution is -2.43. The monoisotopic (exact) mass is 354 g/mol. The van der Waals surface area contributed by atoms with Crippen molar-refractivity contribution in [2.24, 2.45) is 0 Å². The number of hydrogen-bond acceptors (Lipinski definition) is 3. The van der Waals surface area contributed by atoms with Crippen LogP contribution in [0.1, 0.15) is 17.0 Å². The number of carboxylic acids is 1. The smallest absolute Gasteiger partial charge is 0.322 e. The van der Waals surface area contributed by atoms with Crippen LogP contribution < -0.4 is 4.72 Å². The number of carbonyl (C=O) groups is 1.